The Morgan fingerprint density at radius 3 is 2.44 bits per heavy atom. The molecule has 0 radical (unpaired) electrons. The fraction of sp³-hybridized carbons (Fsp3) is 0.533. The quantitative estimate of drug-likeness (QED) is 0.812. The lowest BCUT2D eigenvalue weighted by Gasteiger charge is -2.16. The van der Waals surface area contributed by atoms with Gasteiger partial charge in [-0.25, -0.2) is 0 Å². The first-order valence-corrected chi connectivity index (χ1v) is 7.02. The Morgan fingerprint density at radius 2 is 1.94 bits per heavy atom. The highest BCUT2D eigenvalue weighted by molar-refractivity contribution is 6.17. The number of nitrogens with one attached hydrogen (secondary N) is 1. The second-order valence-electron chi connectivity index (χ2n) is 5.39. The van der Waals surface area contributed by atoms with Crippen LogP contribution in [-0.2, 0) is 0 Å². The Hall–Kier alpha value is -1.02. The number of carbonyl (C=O) groups is 1. The van der Waals surface area contributed by atoms with Crippen LogP contribution in [0.1, 0.15) is 40.7 Å². The normalized spacial score (nSPS) is 16.4. The minimum absolute atomic E-state index is 0.0476. The van der Waals surface area contributed by atoms with Crippen LogP contribution in [0.5, 0.6) is 0 Å². The molecule has 0 saturated heterocycles. The Kier molecular flexibility index (Phi) is 3.96. The maximum Gasteiger partial charge on any atom is 0.251 e. The molecule has 2 rings (SSSR count). The Bertz CT molecular complexity index is 432. The molecule has 2 nitrogen and oxygen atoms in total. The van der Waals surface area contributed by atoms with Crippen LogP contribution in [0.3, 0.4) is 0 Å². The summed E-state index contributed by atoms with van der Waals surface area (Å²) in [5.74, 6) is 0.727. The minimum Gasteiger partial charge on any atom is -0.351 e. The number of rotatable bonds is 5. The van der Waals surface area contributed by atoms with Gasteiger partial charge in [0.2, 0.25) is 0 Å². The Morgan fingerprint density at radius 1 is 1.33 bits per heavy atom. The van der Waals surface area contributed by atoms with Crippen molar-refractivity contribution in [2.75, 3.05) is 12.4 Å². The lowest BCUT2D eigenvalue weighted by atomic mass is 10.0. The SMILES string of the molecule is Cc1cccc(C)c1C(=O)NCC1(CCCl)CC1. The first-order chi connectivity index (χ1) is 8.58. The molecule has 1 aliphatic rings. The number of alkyl halides is 1. The van der Waals surface area contributed by atoms with E-state index < -0.39 is 0 Å². The first kappa shape index (κ1) is 13.4. The molecule has 1 fully saturated rings. The number of carbonyl (C=O) groups excluding carboxylic acids is 1. The zero-order valence-electron chi connectivity index (χ0n) is 11.1. The molecule has 3 heteroatoms. The van der Waals surface area contributed by atoms with Crippen LogP contribution >= 0.6 is 11.6 Å². The van der Waals surface area contributed by atoms with E-state index in [2.05, 4.69) is 5.32 Å². The third-order valence-corrected chi connectivity index (χ3v) is 4.10. The van der Waals surface area contributed by atoms with Crippen molar-refractivity contribution in [1.29, 1.82) is 0 Å². The molecule has 0 heterocycles. The van der Waals surface area contributed by atoms with Gasteiger partial charge in [0.15, 0.2) is 0 Å². The van der Waals surface area contributed by atoms with Crippen LogP contribution in [0.4, 0.5) is 0 Å². The van der Waals surface area contributed by atoms with Gasteiger partial charge in [0, 0.05) is 18.0 Å². The number of halogens is 1. The fourth-order valence-corrected chi connectivity index (χ4v) is 2.82. The van der Waals surface area contributed by atoms with Gasteiger partial charge in [-0.1, -0.05) is 18.2 Å². The van der Waals surface area contributed by atoms with E-state index in [0.717, 1.165) is 29.7 Å². The van der Waals surface area contributed by atoms with Crippen molar-refractivity contribution in [2.45, 2.75) is 33.1 Å². The molecule has 1 saturated carbocycles. The van der Waals surface area contributed by atoms with Crippen LogP contribution in [0.25, 0.3) is 0 Å². The molecular weight excluding hydrogens is 246 g/mol. The lowest BCUT2D eigenvalue weighted by molar-refractivity contribution is 0.0943. The number of amides is 1. The van der Waals surface area contributed by atoms with Gasteiger partial charge in [-0.2, -0.15) is 0 Å². The van der Waals surface area contributed by atoms with E-state index in [1.807, 2.05) is 32.0 Å². The van der Waals surface area contributed by atoms with Gasteiger partial charge < -0.3 is 5.32 Å². The van der Waals surface area contributed by atoms with Crippen molar-refractivity contribution >= 4 is 17.5 Å². The monoisotopic (exact) mass is 265 g/mol. The van der Waals surface area contributed by atoms with Gasteiger partial charge >= 0.3 is 0 Å². The van der Waals surface area contributed by atoms with Gasteiger partial charge in [-0.3, -0.25) is 4.79 Å². The summed E-state index contributed by atoms with van der Waals surface area (Å²) in [4.78, 5) is 12.2. The van der Waals surface area contributed by atoms with E-state index >= 15 is 0 Å². The highest BCUT2D eigenvalue weighted by atomic mass is 35.5. The molecule has 0 aromatic heterocycles. The van der Waals surface area contributed by atoms with Gasteiger partial charge in [0.1, 0.15) is 0 Å². The zero-order chi connectivity index (χ0) is 13.2. The second-order valence-corrected chi connectivity index (χ2v) is 5.77. The van der Waals surface area contributed by atoms with Crippen molar-refractivity contribution in [3.63, 3.8) is 0 Å². The molecule has 1 amide bonds. The minimum atomic E-state index is 0.0476. The fourth-order valence-electron chi connectivity index (χ4n) is 2.42. The molecule has 0 bridgehead atoms. The van der Waals surface area contributed by atoms with Crippen molar-refractivity contribution in [2.24, 2.45) is 5.41 Å². The Labute approximate surface area is 114 Å². The van der Waals surface area contributed by atoms with Crippen LogP contribution in [0, 0.1) is 19.3 Å². The molecule has 0 aliphatic heterocycles. The summed E-state index contributed by atoms with van der Waals surface area (Å²) in [7, 11) is 0. The maximum atomic E-state index is 12.2. The van der Waals surface area contributed by atoms with Crippen molar-refractivity contribution in [3.05, 3.63) is 34.9 Å². The van der Waals surface area contributed by atoms with Crippen molar-refractivity contribution in [3.8, 4) is 0 Å². The van der Waals surface area contributed by atoms with Gasteiger partial charge in [-0.05, 0) is 49.7 Å². The summed E-state index contributed by atoms with van der Waals surface area (Å²) in [6, 6.07) is 5.94. The topological polar surface area (TPSA) is 29.1 Å². The molecule has 0 unspecified atom stereocenters. The molecule has 18 heavy (non-hydrogen) atoms. The van der Waals surface area contributed by atoms with Crippen LogP contribution in [0.2, 0.25) is 0 Å². The predicted molar refractivity (Wildman–Crippen MR) is 75.3 cm³/mol. The zero-order valence-corrected chi connectivity index (χ0v) is 11.8. The second kappa shape index (κ2) is 5.31. The van der Waals surface area contributed by atoms with E-state index in [0.29, 0.717) is 5.88 Å². The highest BCUT2D eigenvalue weighted by Crippen LogP contribution is 2.48. The third-order valence-electron chi connectivity index (χ3n) is 3.91. The molecular formula is C15H20ClNO. The first-order valence-electron chi connectivity index (χ1n) is 6.48. The number of benzene rings is 1. The molecule has 98 valence electrons. The maximum absolute atomic E-state index is 12.2. The molecule has 1 aromatic carbocycles. The molecule has 1 aromatic rings. The third kappa shape index (κ3) is 2.86. The van der Waals surface area contributed by atoms with E-state index in [-0.39, 0.29) is 11.3 Å². The van der Waals surface area contributed by atoms with Crippen LogP contribution in [-0.4, -0.2) is 18.3 Å². The average molecular weight is 266 g/mol. The predicted octanol–water partition coefficient (Wildman–Crippen LogP) is 3.44. The Balaban J connectivity index is 2.00. The molecule has 1 aliphatic carbocycles. The van der Waals surface area contributed by atoms with Gasteiger partial charge in [-0.15, -0.1) is 11.6 Å². The van der Waals surface area contributed by atoms with E-state index in [9.17, 15) is 4.79 Å². The lowest BCUT2D eigenvalue weighted by Crippen LogP contribution is -2.31. The molecule has 0 atom stereocenters. The summed E-state index contributed by atoms with van der Waals surface area (Å²) >= 11 is 5.80. The van der Waals surface area contributed by atoms with E-state index in [1.165, 1.54) is 12.8 Å². The summed E-state index contributed by atoms with van der Waals surface area (Å²) < 4.78 is 0. The van der Waals surface area contributed by atoms with Crippen molar-refractivity contribution in [1.82, 2.24) is 5.32 Å². The van der Waals surface area contributed by atoms with Crippen LogP contribution < -0.4 is 5.32 Å². The average Bonchev–Trinajstić information content (AvgIpc) is 3.07. The van der Waals surface area contributed by atoms with Crippen molar-refractivity contribution < 1.29 is 4.79 Å². The summed E-state index contributed by atoms with van der Waals surface area (Å²) in [5.41, 5.74) is 3.18. The van der Waals surface area contributed by atoms with E-state index in [1.54, 1.807) is 0 Å². The summed E-state index contributed by atoms with van der Waals surface area (Å²) in [5, 5.41) is 3.07. The molecule has 0 spiro atoms. The van der Waals surface area contributed by atoms with E-state index in [4.69, 9.17) is 11.6 Å². The highest BCUT2D eigenvalue weighted by Gasteiger charge is 2.41. The van der Waals surface area contributed by atoms with Gasteiger partial charge in [0.25, 0.3) is 5.91 Å². The number of hydrogen-bond donors (Lipinski definition) is 1. The summed E-state index contributed by atoms with van der Waals surface area (Å²) in [6.07, 6.45) is 3.38. The number of hydrogen-bond acceptors (Lipinski definition) is 1. The summed E-state index contributed by atoms with van der Waals surface area (Å²) in [6.45, 7) is 4.72. The standard InChI is InChI=1S/C15H20ClNO/c1-11-4-3-5-12(2)13(11)14(18)17-10-15(6-7-15)8-9-16/h3-5H,6-10H2,1-2H3,(H,17,18). The number of aryl methyl sites for hydroxylation is 2. The van der Waals surface area contributed by atoms with Crippen LogP contribution in [0.15, 0.2) is 18.2 Å². The van der Waals surface area contributed by atoms with Gasteiger partial charge in [0.05, 0.1) is 0 Å². The largest absolute Gasteiger partial charge is 0.351 e. The smallest absolute Gasteiger partial charge is 0.251 e. The molecule has 1 N–H and O–H groups in total.